The summed E-state index contributed by atoms with van der Waals surface area (Å²) < 4.78 is 31.2. The number of esters is 2. The van der Waals surface area contributed by atoms with E-state index in [0.29, 0.717) is 11.1 Å². The molecule has 42 heavy (non-hydrogen) atoms. The zero-order valence-corrected chi connectivity index (χ0v) is 24.9. The fourth-order valence-electron chi connectivity index (χ4n) is 3.39. The normalized spacial score (nSPS) is 12.8. The van der Waals surface area contributed by atoms with E-state index in [1.165, 1.54) is 19.2 Å². The fourth-order valence-corrected chi connectivity index (χ4v) is 3.39. The van der Waals surface area contributed by atoms with Crippen LogP contribution in [0.5, 0.6) is 11.5 Å². The maximum absolute atomic E-state index is 12.5. The van der Waals surface area contributed by atoms with Gasteiger partial charge in [-0.25, -0.2) is 14.4 Å². The Labute approximate surface area is 246 Å². The Bertz CT molecular complexity index is 1150. The van der Waals surface area contributed by atoms with Crippen LogP contribution >= 0.6 is 0 Å². The monoisotopic (exact) mass is 587 g/mol. The third-order valence-electron chi connectivity index (χ3n) is 6.42. The molecule has 0 spiro atoms. The van der Waals surface area contributed by atoms with Crippen molar-refractivity contribution < 1.29 is 47.6 Å². The van der Waals surface area contributed by atoms with Crippen molar-refractivity contribution in [1.29, 1.82) is 0 Å². The molecule has 3 atom stereocenters. The second-order valence-electron chi connectivity index (χ2n) is 9.87. The standard InChI is InChI=1S/C31H41NO10/c1-6-21(3)19-39-30(35)41-26-14-13-23(18-27(26)42-31(36)40-20-22(4)7-2)17-25(29(34)37-5)32-15-16-38-28(33)24-11-9-8-10-12-24/h8-14,18,21-22,25,32H,6-7,15-17,19-20H2,1-5H3/t21?,22?,25-/m0/s1. The van der Waals surface area contributed by atoms with Crippen molar-refractivity contribution in [3.63, 3.8) is 0 Å². The van der Waals surface area contributed by atoms with Gasteiger partial charge in [-0.1, -0.05) is 64.8 Å². The quantitative estimate of drug-likeness (QED) is 0.118. The molecule has 0 amide bonds. The van der Waals surface area contributed by atoms with Crippen molar-refractivity contribution in [3.8, 4) is 11.5 Å². The molecule has 230 valence electrons. The molecule has 0 aromatic heterocycles. The second kappa shape index (κ2) is 18.3. The third kappa shape index (κ3) is 12.2. The molecule has 0 aliphatic heterocycles. The van der Waals surface area contributed by atoms with Gasteiger partial charge in [0.25, 0.3) is 0 Å². The van der Waals surface area contributed by atoms with Gasteiger partial charge in [0.1, 0.15) is 12.6 Å². The van der Waals surface area contributed by atoms with Gasteiger partial charge in [0, 0.05) is 6.54 Å². The molecule has 2 aromatic carbocycles. The number of ether oxygens (including phenoxy) is 6. The molecule has 11 heteroatoms. The third-order valence-corrected chi connectivity index (χ3v) is 6.42. The van der Waals surface area contributed by atoms with Crippen LogP contribution in [0.4, 0.5) is 9.59 Å². The van der Waals surface area contributed by atoms with Gasteiger partial charge in [-0.15, -0.1) is 0 Å². The van der Waals surface area contributed by atoms with Crippen molar-refractivity contribution in [2.45, 2.75) is 53.0 Å². The predicted molar refractivity (Wildman–Crippen MR) is 154 cm³/mol. The van der Waals surface area contributed by atoms with Crippen LogP contribution in [0.25, 0.3) is 0 Å². The molecular formula is C31H41NO10. The van der Waals surface area contributed by atoms with E-state index in [-0.39, 0.29) is 56.1 Å². The van der Waals surface area contributed by atoms with E-state index in [1.807, 2.05) is 27.7 Å². The van der Waals surface area contributed by atoms with Crippen molar-refractivity contribution in [2.75, 3.05) is 33.5 Å². The first-order chi connectivity index (χ1) is 20.2. The van der Waals surface area contributed by atoms with Crippen molar-refractivity contribution in [3.05, 3.63) is 59.7 Å². The van der Waals surface area contributed by atoms with Gasteiger partial charge < -0.3 is 33.7 Å². The number of rotatable bonds is 16. The van der Waals surface area contributed by atoms with Crippen LogP contribution in [-0.2, 0) is 30.2 Å². The predicted octanol–water partition coefficient (Wildman–Crippen LogP) is 5.34. The highest BCUT2D eigenvalue weighted by Gasteiger charge is 2.22. The fraction of sp³-hybridized carbons (Fsp3) is 0.484. The molecule has 1 N–H and O–H groups in total. The summed E-state index contributed by atoms with van der Waals surface area (Å²) in [7, 11) is 1.26. The van der Waals surface area contributed by atoms with E-state index in [4.69, 9.17) is 28.4 Å². The van der Waals surface area contributed by atoms with E-state index in [1.54, 1.807) is 36.4 Å². The van der Waals surface area contributed by atoms with Crippen molar-refractivity contribution >= 4 is 24.2 Å². The number of hydrogen-bond donors (Lipinski definition) is 1. The summed E-state index contributed by atoms with van der Waals surface area (Å²) in [6.07, 6.45) is -0.153. The van der Waals surface area contributed by atoms with Crippen LogP contribution in [0.15, 0.2) is 48.5 Å². The minimum Gasteiger partial charge on any atom is -0.468 e. The van der Waals surface area contributed by atoms with Crippen LogP contribution in [0.1, 0.15) is 56.5 Å². The zero-order chi connectivity index (χ0) is 30.9. The van der Waals surface area contributed by atoms with E-state index in [0.717, 1.165) is 12.8 Å². The van der Waals surface area contributed by atoms with Crippen LogP contribution in [-0.4, -0.2) is 63.8 Å². The van der Waals surface area contributed by atoms with Crippen LogP contribution in [0.3, 0.4) is 0 Å². The SMILES string of the molecule is CCC(C)COC(=O)Oc1ccc(C[C@H](NCCOC(=O)c2ccccc2)C(=O)OC)cc1OC(=O)OCC(C)CC. The van der Waals surface area contributed by atoms with E-state index < -0.39 is 30.3 Å². The van der Waals surface area contributed by atoms with Gasteiger partial charge in [-0.3, -0.25) is 4.79 Å². The minimum atomic E-state index is -0.965. The smallest absolute Gasteiger partial charge is 0.468 e. The van der Waals surface area contributed by atoms with E-state index >= 15 is 0 Å². The highest BCUT2D eigenvalue weighted by atomic mass is 16.7. The van der Waals surface area contributed by atoms with Crippen LogP contribution in [0.2, 0.25) is 0 Å². The van der Waals surface area contributed by atoms with Gasteiger partial charge in [-0.2, -0.15) is 0 Å². The molecule has 0 radical (unpaired) electrons. The first-order valence-electron chi connectivity index (χ1n) is 14.0. The van der Waals surface area contributed by atoms with Crippen molar-refractivity contribution in [2.24, 2.45) is 11.8 Å². The molecular weight excluding hydrogens is 546 g/mol. The molecule has 2 rings (SSSR count). The molecule has 0 fully saturated rings. The van der Waals surface area contributed by atoms with Gasteiger partial charge >= 0.3 is 24.2 Å². The Balaban J connectivity index is 2.11. The lowest BCUT2D eigenvalue weighted by Gasteiger charge is -2.18. The summed E-state index contributed by atoms with van der Waals surface area (Å²) in [6.45, 7) is 8.33. The van der Waals surface area contributed by atoms with Gasteiger partial charge in [0.15, 0.2) is 11.5 Å². The number of nitrogens with one attached hydrogen (secondary N) is 1. The summed E-state index contributed by atoms with van der Waals surface area (Å²) >= 11 is 0. The highest BCUT2D eigenvalue weighted by molar-refractivity contribution is 5.89. The maximum Gasteiger partial charge on any atom is 0.513 e. The molecule has 11 nitrogen and oxygen atoms in total. The Hall–Kier alpha value is -4.12. The molecule has 2 unspecified atom stereocenters. The number of carbonyl (C=O) groups excluding carboxylic acids is 4. The zero-order valence-electron chi connectivity index (χ0n) is 24.9. The lowest BCUT2D eigenvalue weighted by Crippen LogP contribution is -2.41. The number of methoxy groups -OCH3 is 1. The van der Waals surface area contributed by atoms with Gasteiger partial charge in [0.2, 0.25) is 0 Å². The van der Waals surface area contributed by atoms with Crippen LogP contribution < -0.4 is 14.8 Å². The summed E-state index contributed by atoms with van der Waals surface area (Å²) in [4.78, 5) is 49.3. The number of benzene rings is 2. The Kier molecular flexibility index (Phi) is 14.9. The summed E-state index contributed by atoms with van der Waals surface area (Å²) in [5.41, 5.74) is 0.979. The molecule has 0 aliphatic rings. The molecule has 2 aromatic rings. The lowest BCUT2D eigenvalue weighted by molar-refractivity contribution is -0.143. The molecule has 0 bridgehead atoms. The average molecular weight is 588 g/mol. The summed E-state index contributed by atoms with van der Waals surface area (Å²) in [5, 5.41) is 3.02. The highest BCUT2D eigenvalue weighted by Crippen LogP contribution is 2.30. The number of hydrogen-bond acceptors (Lipinski definition) is 11. The average Bonchev–Trinajstić information content (AvgIpc) is 3.01. The molecule has 0 aliphatic carbocycles. The largest absolute Gasteiger partial charge is 0.513 e. The summed E-state index contributed by atoms with van der Waals surface area (Å²) in [6, 6.07) is 12.3. The lowest BCUT2D eigenvalue weighted by atomic mass is 10.1. The maximum atomic E-state index is 12.5. The first kappa shape index (κ1) is 34.1. The Morgan fingerprint density at radius 1 is 0.786 bits per heavy atom. The molecule has 0 heterocycles. The topological polar surface area (TPSA) is 136 Å². The van der Waals surface area contributed by atoms with E-state index in [9.17, 15) is 19.2 Å². The Morgan fingerprint density at radius 3 is 1.95 bits per heavy atom. The second-order valence-corrected chi connectivity index (χ2v) is 9.87. The first-order valence-corrected chi connectivity index (χ1v) is 14.0. The van der Waals surface area contributed by atoms with E-state index in [2.05, 4.69) is 5.32 Å². The van der Waals surface area contributed by atoms with Gasteiger partial charge in [0.05, 0.1) is 25.9 Å². The summed E-state index contributed by atoms with van der Waals surface area (Å²) in [5.74, 6) is -0.878. The van der Waals surface area contributed by atoms with Crippen LogP contribution in [0, 0.1) is 11.8 Å². The molecule has 0 saturated heterocycles. The number of carbonyl (C=O) groups is 4. The molecule has 0 saturated carbocycles. The van der Waals surface area contributed by atoms with Crippen molar-refractivity contribution in [1.82, 2.24) is 5.32 Å². The van der Waals surface area contributed by atoms with Gasteiger partial charge in [-0.05, 0) is 48.1 Å². The minimum absolute atomic E-state index is 0.0170. The Morgan fingerprint density at radius 2 is 1.38 bits per heavy atom.